The summed E-state index contributed by atoms with van der Waals surface area (Å²) in [5, 5.41) is 34.5. The third-order valence-electron chi connectivity index (χ3n) is 8.04. The number of unbranched alkanes of at least 4 members (excludes halogenated alkanes) is 1. The number of benzene rings is 1. The van der Waals surface area contributed by atoms with E-state index in [0.717, 1.165) is 44.3 Å². The van der Waals surface area contributed by atoms with Crippen LogP contribution in [0.4, 0.5) is 5.69 Å². The van der Waals surface area contributed by atoms with E-state index in [1.54, 1.807) is 0 Å². The number of anilines is 1. The molecule has 2 aliphatic rings. The average molecular weight is 739 g/mol. The van der Waals surface area contributed by atoms with Crippen LogP contribution in [-0.2, 0) is 25.6 Å². The molecule has 48 heavy (non-hydrogen) atoms. The molecule has 2 heterocycles. The lowest BCUT2D eigenvalue weighted by Crippen LogP contribution is -2.49. The highest BCUT2D eigenvalue weighted by atomic mass is 35.5. The molecule has 17 heteroatoms. The average Bonchev–Trinajstić information content (AvgIpc) is 3.76. The first-order valence-electron chi connectivity index (χ1n) is 16.2. The van der Waals surface area contributed by atoms with E-state index in [-0.39, 0.29) is 79.4 Å². The fraction of sp³-hybridized carbons (Fsp3) is 0.645. The highest BCUT2D eigenvalue weighted by Gasteiger charge is 2.27. The minimum Gasteiger partial charge on any atom is -0.394 e. The molecule has 1 aromatic rings. The maximum atomic E-state index is 13.1. The maximum Gasteiger partial charge on any atom is 0.244 e. The van der Waals surface area contributed by atoms with Crippen molar-refractivity contribution in [2.45, 2.75) is 82.3 Å². The zero-order chi connectivity index (χ0) is 32.4. The number of aryl methyl sites for hydroxylation is 1. The van der Waals surface area contributed by atoms with Crippen LogP contribution in [0.1, 0.15) is 63.4 Å². The molecule has 3 rings (SSSR count). The molecular weight excluding hydrogens is 685 g/mol. The quantitative estimate of drug-likeness (QED) is 0.0557. The number of nitrogens with one attached hydrogen (secondary N) is 7. The Labute approximate surface area is 302 Å². The van der Waals surface area contributed by atoms with Crippen molar-refractivity contribution in [2.75, 3.05) is 51.2 Å². The maximum absolute atomic E-state index is 13.1. The van der Waals surface area contributed by atoms with Crippen molar-refractivity contribution in [2.24, 2.45) is 5.73 Å². The summed E-state index contributed by atoms with van der Waals surface area (Å²) in [6.07, 6.45) is 7.05. The largest absolute Gasteiger partial charge is 0.394 e. The smallest absolute Gasteiger partial charge is 0.244 e. The van der Waals surface area contributed by atoms with E-state index in [0.29, 0.717) is 64.0 Å². The van der Waals surface area contributed by atoms with Gasteiger partial charge < -0.3 is 47.6 Å². The molecule has 4 amide bonds. The summed E-state index contributed by atoms with van der Waals surface area (Å²) in [4.78, 5) is 52.2. The molecule has 2 aliphatic heterocycles. The van der Waals surface area contributed by atoms with Crippen molar-refractivity contribution in [3.63, 3.8) is 0 Å². The summed E-state index contributed by atoms with van der Waals surface area (Å²) in [6.45, 7) is 3.14. The number of nitrogens with zero attached hydrogens (tertiary/aromatic N) is 1. The van der Waals surface area contributed by atoms with Gasteiger partial charge in [0.15, 0.2) is 5.96 Å². The molecule has 2 fully saturated rings. The number of nitrogens with two attached hydrogens (primary N) is 1. The van der Waals surface area contributed by atoms with Gasteiger partial charge in [-0.25, -0.2) is 0 Å². The Morgan fingerprint density at radius 1 is 0.896 bits per heavy atom. The van der Waals surface area contributed by atoms with Crippen LogP contribution in [0.3, 0.4) is 0 Å². The molecule has 14 nitrogen and oxygen atoms in total. The van der Waals surface area contributed by atoms with Gasteiger partial charge in [0.05, 0.1) is 18.7 Å². The fourth-order valence-corrected chi connectivity index (χ4v) is 5.55. The van der Waals surface area contributed by atoms with Gasteiger partial charge >= 0.3 is 0 Å². The first-order valence-corrected chi connectivity index (χ1v) is 16.2. The molecule has 0 spiro atoms. The second kappa shape index (κ2) is 25.1. The molecule has 0 bridgehead atoms. The Kier molecular flexibility index (Phi) is 23.6. The molecule has 2 saturated heterocycles. The third-order valence-corrected chi connectivity index (χ3v) is 8.04. The minimum absolute atomic E-state index is 0. The molecule has 3 atom stereocenters. The third kappa shape index (κ3) is 16.5. The number of aliphatic hydroxyl groups is 1. The number of hydrogen-bond donors (Lipinski definition) is 9. The second-order valence-corrected chi connectivity index (χ2v) is 11.7. The number of aliphatic hydroxyl groups excluding tert-OH is 1. The number of guanidine groups is 1. The number of carbonyl (C=O) groups is 4. The lowest BCUT2D eigenvalue weighted by atomic mass is 10.1. The normalized spacial score (nSPS) is 17.0. The molecule has 10 N–H and O–H groups in total. The topological polar surface area (TPSA) is 214 Å². The molecule has 0 aromatic heterocycles. The molecule has 0 radical (unpaired) electrons. The highest BCUT2D eigenvalue weighted by Crippen LogP contribution is 2.12. The van der Waals surface area contributed by atoms with E-state index >= 15 is 0 Å². The van der Waals surface area contributed by atoms with Crippen molar-refractivity contribution in [1.82, 2.24) is 31.5 Å². The lowest BCUT2D eigenvalue weighted by Gasteiger charge is -2.26. The van der Waals surface area contributed by atoms with Gasteiger partial charge in [-0.15, -0.1) is 37.2 Å². The van der Waals surface area contributed by atoms with Crippen LogP contribution in [0.25, 0.3) is 0 Å². The number of amides is 4. The first kappa shape index (κ1) is 45.1. The van der Waals surface area contributed by atoms with E-state index in [1.165, 1.54) is 0 Å². The van der Waals surface area contributed by atoms with Gasteiger partial charge in [0, 0.05) is 38.3 Å². The molecule has 0 aliphatic carbocycles. The predicted molar refractivity (Wildman–Crippen MR) is 194 cm³/mol. The summed E-state index contributed by atoms with van der Waals surface area (Å²) in [7, 11) is 0. The van der Waals surface area contributed by atoms with Crippen LogP contribution in [0.5, 0.6) is 0 Å². The van der Waals surface area contributed by atoms with Crippen LogP contribution >= 0.6 is 37.2 Å². The van der Waals surface area contributed by atoms with Crippen molar-refractivity contribution in [3.05, 3.63) is 29.8 Å². The molecular formula is C31H54Cl3N9O5. The number of hydrogen-bond acceptors (Lipinski definition) is 8. The van der Waals surface area contributed by atoms with Gasteiger partial charge in [0.25, 0.3) is 0 Å². The summed E-state index contributed by atoms with van der Waals surface area (Å²) >= 11 is 0. The van der Waals surface area contributed by atoms with Crippen LogP contribution in [0, 0.1) is 5.41 Å². The summed E-state index contributed by atoms with van der Waals surface area (Å²) < 4.78 is 0. The van der Waals surface area contributed by atoms with Gasteiger partial charge in [-0.3, -0.25) is 24.6 Å². The Morgan fingerprint density at radius 2 is 1.52 bits per heavy atom. The summed E-state index contributed by atoms with van der Waals surface area (Å²) in [5.41, 5.74) is 7.06. The van der Waals surface area contributed by atoms with Gasteiger partial charge in [0.2, 0.25) is 23.6 Å². The van der Waals surface area contributed by atoms with E-state index in [2.05, 4.69) is 31.9 Å². The molecule has 274 valence electrons. The molecule has 0 saturated carbocycles. The summed E-state index contributed by atoms with van der Waals surface area (Å²) in [5.74, 6) is -0.813. The van der Waals surface area contributed by atoms with Crippen molar-refractivity contribution in [1.29, 1.82) is 5.41 Å². The van der Waals surface area contributed by atoms with Crippen LogP contribution in [0.15, 0.2) is 24.3 Å². The monoisotopic (exact) mass is 737 g/mol. The number of halogens is 3. The lowest BCUT2D eigenvalue weighted by molar-refractivity contribution is -0.133. The van der Waals surface area contributed by atoms with Crippen LogP contribution in [0.2, 0.25) is 0 Å². The SMILES string of the molecule is Cl.Cl.Cl.N=C(N)Nc1ccc(CCCC(=O)N[C@@H](CO)C(=O)NCCCCN(CCCNC(=O)[C@@H]2CCCN2)C(=O)[C@@H]2CCCN2)cc1. The first-order chi connectivity index (χ1) is 21.8. The summed E-state index contributed by atoms with van der Waals surface area (Å²) in [6, 6.07) is 6.08. The van der Waals surface area contributed by atoms with Gasteiger partial charge in [-0.05, 0) is 88.6 Å². The Balaban J connectivity index is 0.00000736. The number of rotatable bonds is 19. The van der Waals surface area contributed by atoms with E-state index in [4.69, 9.17) is 11.1 Å². The number of carbonyl (C=O) groups excluding carboxylic acids is 4. The minimum atomic E-state index is -1.03. The van der Waals surface area contributed by atoms with E-state index in [1.807, 2.05) is 29.2 Å². The zero-order valence-corrected chi connectivity index (χ0v) is 29.8. The van der Waals surface area contributed by atoms with Crippen LogP contribution in [-0.4, -0.2) is 104 Å². The Bertz CT molecular complexity index is 1120. The fourth-order valence-electron chi connectivity index (χ4n) is 5.55. The predicted octanol–water partition coefficient (Wildman–Crippen LogP) is 0.792. The standard InChI is InChI=1S/C31H51N9O5.3ClH/c32-31(33)38-23-13-11-22(12-14-23)7-3-10-27(42)39-26(21-41)29(44)36-15-1-2-19-40(30(45)25-9-5-17-35-25)20-6-18-37-28(43)24-8-4-16-34-24;;;/h11-14,24-26,34-35,41H,1-10,15-21H2,(H,36,44)(H,37,43)(H,39,42)(H4,32,33,38);3*1H/t24-,25-,26-;;;/m0.../s1. The van der Waals surface area contributed by atoms with Gasteiger partial charge in [0.1, 0.15) is 6.04 Å². The van der Waals surface area contributed by atoms with Crippen LogP contribution < -0.4 is 37.6 Å². The second-order valence-electron chi connectivity index (χ2n) is 11.7. The molecule has 0 unspecified atom stereocenters. The van der Waals surface area contributed by atoms with Crippen molar-refractivity contribution < 1.29 is 24.3 Å². The van der Waals surface area contributed by atoms with E-state index < -0.39 is 18.6 Å². The van der Waals surface area contributed by atoms with Gasteiger partial charge in [-0.2, -0.15) is 0 Å². The highest BCUT2D eigenvalue weighted by molar-refractivity contribution is 5.90. The van der Waals surface area contributed by atoms with E-state index in [9.17, 15) is 24.3 Å². The van der Waals surface area contributed by atoms with Crippen molar-refractivity contribution >= 4 is 72.5 Å². The van der Waals surface area contributed by atoms with Crippen molar-refractivity contribution in [3.8, 4) is 0 Å². The Morgan fingerprint density at radius 3 is 2.12 bits per heavy atom. The Hall–Kier alpha value is -2.88. The zero-order valence-electron chi connectivity index (χ0n) is 27.4. The van der Waals surface area contributed by atoms with Gasteiger partial charge in [-0.1, -0.05) is 12.1 Å². The molecule has 1 aromatic carbocycles.